The molecule has 0 amide bonds. The molecule has 4 aliphatic rings. The highest BCUT2D eigenvalue weighted by Crippen LogP contribution is 2.68. The minimum Gasteiger partial charge on any atom is -0.466 e. The topological polar surface area (TPSA) is 72.5 Å². The molecule has 0 aromatic rings. The van der Waals surface area contributed by atoms with Crippen LogP contribution >= 0.6 is 0 Å². The SMILES string of the molecule is CCOC(=O)[C@H]1[C@@H]2[C@H]3OC(OCC)O[C@H]3C3(OCCO3)[C@H]12. The van der Waals surface area contributed by atoms with Gasteiger partial charge in [-0.15, -0.1) is 0 Å². The molecule has 2 heterocycles. The largest absolute Gasteiger partial charge is 0.466 e. The maximum Gasteiger partial charge on any atom is 0.309 e. The molecule has 1 spiro atoms. The molecule has 2 saturated heterocycles. The van der Waals surface area contributed by atoms with Gasteiger partial charge in [-0.1, -0.05) is 0 Å². The van der Waals surface area contributed by atoms with Gasteiger partial charge in [-0.25, -0.2) is 0 Å². The van der Waals surface area contributed by atoms with Crippen LogP contribution in [0.3, 0.4) is 0 Å². The Labute approximate surface area is 122 Å². The summed E-state index contributed by atoms with van der Waals surface area (Å²) in [5, 5.41) is 0. The number of esters is 1. The standard InChI is InChI=1S/C14H20O7/c1-3-16-12(15)8-7-9(8)14(18-5-6-19-14)11-10(7)20-13(21-11)17-4-2/h7-11,13H,3-6H2,1-2H3/t7-,8-,9-,10+,11+,13?/m0/s1. The van der Waals surface area contributed by atoms with Crippen molar-refractivity contribution in [2.24, 2.45) is 17.8 Å². The normalized spacial score (nSPS) is 45.6. The fraction of sp³-hybridized carbons (Fsp3) is 0.929. The van der Waals surface area contributed by atoms with Crippen molar-refractivity contribution in [3.63, 3.8) is 0 Å². The van der Waals surface area contributed by atoms with E-state index in [1.807, 2.05) is 6.92 Å². The van der Waals surface area contributed by atoms with Gasteiger partial charge in [0.1, 0.15) is 6.10 Å². The number of fused-ring (bicyclic) bond motifs is 5. The third kappa shape index (κ3) is 1.82. The molecule has 4 rings (SSSR count). The van der Waals surface area contributed by atoms with Crippen LogP contribution in [0.5, 0.6) is 0 Å². The number of carbonyl (C=O) groups excluding carboxylic acids is 1. The van der Waals surface area contributed by atoms with Crippen LogP contribution in [0.4, 0.5) is 0 Å². The molecule has 7 nitrogen and oxygen atoms in total. The van der Waals surface area contributed by atoms with Crippen LogP contribution in [0.1, 0.15) is 13.8 Å². The number of ether oxygens (including phenoxy) is 6. The first-order chi connectivity index (χ1) is 10.2. The van der Waals surface area contributed by atoms with Gasteiger partial charge in [0.15, 0.2) is 0 Å². The Morgan fingerprint density at radius 2 is 1.95 bits per heavy atom. The van der Waals surface area contributed by atoms with E-state index in [2.05, 4.69) is 0 Å². The Kier molecular flexibility index (Phi) is 3.24. The van der Waals surface area contributed by atoms with Gasteiger partial charge in [0, 0.05) is 18.4 Å². The van der Waals surface area contributed by atoms with Crippen molar-refractivity contribution in [1.29, 1.82) is 0 Å². The molecule has 2 aliphatic heterocycles. The molecule has 118 valence electrons. The number of rotatable bonds is 4. The number of hydrogen-bond donors (Lipinski definition) is 0. The molecule has 2 saturated carbocycles. The molecular weight excluding hydrogens is 280 g/mol. The lowest BCUT2D eigenvalue weighted by Crippen LogP contribution is -2.48. The van der Waals surface area contributed by atoms with E-state index in [-0.39, 0.29) is 35.9 Å². The second-order valence-corrected chi connectivity index (χ2v) is 5.70. The molecule has 0 aromatic carbocycles. The molecule has 1 unspecified atom stereocenters. The fourth-order valence-corrected chi connectivity index (χ4v) is 4.05. The molecule has 2 aliphatic carbocycles. The summed E-state index contributed by atoms with van der Waals surface area (Å²) < 4.78 is 33.9. The summed E-state index contributed by atoms with van der Waals surface area (Å²) in [5.74, 6) is -1.33. The summed E-state index contributed by atoms with van der Waals surface area (Å²) in [5.41, 5.74) is 0. The molecular formula is C14H20O7. The smallest absolute Gasteiger partial charge is 0.309 e. The highest BCUT2D eigenvalue weighted by atomic mass is 16.9. The molecule has 0 N–H and O–H groups in total. The van der Waals surface area contributed by atoms with Gasteiger partial charge in [0.2, 0.25) is 5.79 Å². The van der Waals surface area contributed by atoms with Gasteiger partial charge in [-0.05, 0) is 13.8 Å². The van der Waals surface area contributed by atoms with Crippen LogP contribution in [0.2, 0.25) is 0 Å². The van der Waals surface area contributed by atoms with Gasteiger partial charge in [-0.3, -0.25) is 4.79 Å². The van der Waals surface area contributed by atoms with Gasteiger partial charge in [-0.2, -0.15) is 0 Å². The third-order valence-corrected chi connectivity index (χ3v) is 4.74. The van der Waals surface area contributed by atoms with E-state index >= 15 is 0 Å². The Balaban J connectivity index is 1.57. The summed E-state index contributed by atoms with van der Waals surface area (Å²) in [6, 6.07) is 0. The summed E-state index contributed by atoms with van der Waals surface area (Å²) in [4.78, 5) is 12.1. The van der Waals surface area contributed by atoms with Crippen LogP contribution in [0.15, 0.2) is 0 Å². The lowest BCUT2D eigenvalue weighted by molar-refractivity contribution is -0.284. The van der Waals surface area contributed by atoms with Crippen molar-refractivity contribution in [2.75, 3.05) is 26.4 Å². The maximum absolute atomic E-state index is 12.1. The van der Waals surface area contributed by atoms with Crippen LogP contribution in [0.25, 0.3) is 0 Å². The highest BCUT2D eigenvalue weighted by molar-refractivity contribution is 5.77. The average molecular weight is 300 g/mol. The van der Waals surface area contributed by atoms with E-state index in [9.17, 15) is 4.79 Å². The second-order valence-electron chi connectivity index (χ2n) is 5.70. The quantitative estimate of drug-likeness (QED) is 0.690. The molecule has 6 atom stereocenters. The van der Waals surface area contributed by atoms with Crippen molar-refractivity contribution in [1.82, 2.24) is 0 Å². The van der Waals surface area contributed by atoms with Crippen molar-refractivity contribution < 1.29 is 33.2 Å². The van der Waals surface area contributed by atoms with E-state index in [1.165, 1.54) is 0 Å². The zero-order valence-electron chi connectivity index (χ0n) is 12.2. The summed E-state index contributed by atoms with van der Waals surface area (Å²) >= 11 is 0. The van der Waals surface area contributed by atoms with Crippen LogP contribution in [0, 0.1) is 17.8 Å². The summed E-state index contributed by atoms with van der Waals surface area (Å²) in [7, 11) is 0. The van der Waals surface area contributed by atoms with Crippen molar-refractivity contribution in [3.8, 4) is 0 Å². The van der Waals surface area contributed by atoms with E-state index in [0.29, 0.717) is 26.4 Å². The van der Waals surface area contributed by atoms with Gasteiger partial charge in [0.25, 0.3) is 6.48 Å². The van der Waals surface area contributed by atoms with E-state index in [4.69, 9.17) is 28.4 Å². The summed E-state index contributed by atoms with van der Waals surface area (Å²) in [6.07, 6.45) is -0.573. The molecule has 0 bridgehead atoms. The van der Waals surface area contributed by atoms with Crippen LogP contribution in [-0.4, -0.2) is 56.9 Å². The third-order valence-electron chi connectivity index (χ3n) is 4.74. The average Bonchev–Trinajstić information content (AvgIpc) is 2.78. The Morgan fingerprint density at radius 1 is 1.19 bits per heavy atom. The first-order valence-corrected chi connectivity index (χ1v) is 7.60. The highest BCUT2D eigenvalue weighted by Gasteiger charge is 2.82. The van der Waals surface area contributed by atoms with E-state index in [0.717, 1.165) is 0 Å². The number of hydrogen-bond acceptors (Lipinski definition) is 7. The fourth-order valence-electron chi connectivity index (χ4n) is 4.05. The zero-order chi connectivity index (χ0) is 14.6. The van der Waals surface area contributed by atoms with Crippen molar-refractivity contribution in [3.05, 3.63) is 0 Å². The minimum absolute atomic E-state index is 0.0256. The van der Waals surface area contributed by atoms with Gasteiger partial charge >= 0.3 is 5.97 Å². The Hall–Kier alpha value is -0.730. The van der Waals surface area contributed by atoms with Crippen molar-refractivity contribution in [2.45, 2.75) is 38.3 Å². The molecule has 0 aromatic heterocycles. The minimum atomic E-state index is -0.876. The Morgan fingerprint density at radius 3 is 2.62 bits per heavy atom. The first-order valence-electron chi connectivity index (χ1n) is 7.60. The predicted molar refractivity (Wildman–Crippen MR) is 66.9 cm³/mol. The second kappa shape index (κ2) is 4.89. The monoisotopic (exact) mass is 300 g/mol. The maximum atomic E-state index is 12.1. The van der Waals surface area contributed by atoms with Crippen LogP contribution in [-0.2, 0) is 33.2 Å². The molecule has 21 heavy (non-hydrogen) atoms. The lowest BCUT2D eigenvalue weighted by atomic mass is 10.0. The molecule has 7 heteroatoms. The zero-order valence-corrected chi connectivity index (χ0v) is 12.2. The Bertz CT molecular complexity index is 433. The van der Waals surface area contributed by atoms with E-state index in [1.54, 1.807) is 6.92 Å². The van der Waals surface area contributed by atoms with E-state index < -0.39 is 12.3 Å². The molecule has 4 fully saturated rings. The van der Waals surface area contributed by atoms with Crippen molar-refractivity contribution >= 4 is 5.97 Å². The summed E-state index contributed by atoms with van der Waals surface area (Å²) in [6.45, 7) is 4.84. The molecule has 0 radical (unpaired) electrons. The predicted octanol–water partition coefficient (Wildman–Crippen LogP) is 0.272. The lowest BCUT2D eigenvalue weighted by Gasteiger charge is -2.31. The van der Waals surface area contributed by atoms with Gasteiger partial charge in [0.05, 0.1) is 31.8 Å². The van der Waals surface area contributed by atoms with Crippen LogP contribution < -0.4 is 0 Å². The number of carbonyl (C=O) groups is 1. The van der Waals surface area contributed by atoms with Gasteiger partial charge < -0.3 is 28.4 Å². The first kappa shape index (κ1) is 13.9.